The maximum Gasteiger partial charge on any atom is 0.0250 e. The molecule has 2 fully saturated rings. The Hall–Kier alpha value is -0.0400. The summed E-state index contributed by atoms with van der Waals surface area (Å²) in [7, 11) is 0. The summed E-state index contributed by atoms with van der Waals surface area (Å²) in [6.07, 6.45) is 1.45. The molecule has 1 nitrogen and oxygen atoms in total. The van der Waals surface area contributed by atoms with Crippen molar-refractivity contribution in [3.05, 3.63) is 0 Å². The van der Waals surface area contributed by atoms with Gasteiger partial charge >= 0.3 is 0 Å². The molecule has 0 radical (unpaired) electrons. The van der Waals surface area contributed by atoms with E-state index >= 15 is 0 Å². The van der Waals surface area contributed by atoms with Gasteiger partial charge < -0.3 is 0 Å². The number of nitrogens with zero attached hydrogens (tertiary/aromatic N) is 1. The lowest BCUT2D eigenvalue weighted by Gasteiger charge is -1.95. The van der Waals surface area contributed by atoms with Crippen LogP contribution in [-0.4, -0.2) is 24.0 Å². The third-order valence-electron chi connectivity index (χ3n) is 2.29. The maximum atomic E-state index is 2.55. The summed E-state index contributed by atoms with van der Waals surface area (Å²) in [6.45, 7) is 5.14. The summed E-state index contributed by atoms with van der Waals surface area (Å²) in [4.78, 5) is 2.55. The van der Waals surface area contributed by atoms with Crippen molar-refractivity contribution in [2.45, 2.75) is 19.4 Å². The molecular formula is C6H11N. The lowest BCUT2D eigenvalue weighted by atomic mass is 10.1. The van der Waals surface area contributed by atoms with Crippen LogP contribution in [0.4, 0.5) is 0 Å². The molecule has 0 spiro atoms. The first-order valence-electron chi connectivity index (χ1n) is 3.12. The molecule has 0 aromatic rings. The number of hydrogen-bond donors (Lipinski definition) is 0. The maximum absolute atomic E-state index is 2.55. The van der Waals surface area contributed by atoms with Crippen molar-refractivity contribution in [3.8, 4) is 0 Å². The van der Waals surface area contributed by atoms with E-state index in [2.05, 4.69) is 11.8 Å². The molecule has 3 atom stereocenters. The number of fused-ring (bicyclic) bond motifs is 1. The molecule has 2 rings (SSSR count). The molecule has 0 aromatic carbocycles. The van der Waals surface area contributed by atoms with Crippen LogP contribution >= 0.6 is 0 Å². The summed E-state index contributed by atoms with van der Waals surface area (Å²) in [6, 6.07) is 1.01. The zero-order valence-electron chi connectivity index (χ0n) is 4.72. The molecule has 1 heteroatoms. The van der Waals surface area contributed by atoms with Crippen molar-refractivity contribution in [3.63, 3.8) is 0 Å². The van der Waals surface area contributed by atoms with Crippen LogP contribution in [0.1, 0.15) is 13.3 Å². The molecule has 2 heterocycles. The highest BCUT2D eigenvalue weighted by atomic mass is 15.3. The van der Waals surface area contributed by atoms with Gasteiger partial charge in [-0.25, -0.2) is 0 Å². The van der Waals surface area contributed by atoms with Gasteiger partial charge in [0.05, 0.1) is 0 Å². The van der Waals surface area contributed by atoms with Crippen LogP contribution in [0.3, 0.4) is 0 Å². The van der Waals surface area contributed by atoms with Gasteiger partial charge in [-0.2, -0.15) is 0 Å². The largest absolute Gasteiger partial charge is 0.297 e. The Morgan fingerprint density at radius 1 is 1.57 bits per heavy atom. The summed E-state index contributed by atoms with van der Waals surface area (Å²) < 4.78 is 0. The van der Waals surface area contributed by atoms with Gasteiger partial charge in [-0.15, -0.1) is 0 Å². The predicted molar refractivity (Wildman–Crippen MR) is 29.1 cm³/mol. The van der Waals surface area contributed by atoms with E-state index in [-0.39, 0.29) is 0 Å². The Labute approximate surface area is 44.3 Å². The lowest BCUT2D eigenvalue weighted by Crippen LogP contribution is -1.96. The molecule has 3 unspecified atom stereocenters. The number of hydrogen-bond acceptors (Lipinski definition) is 1. The molecule has 0 amide bonds. The zero-order valence-corrected chi connectivity index (χ0v) is 4.72. The Kier molecular flexibility index (Phi) is 0.571. The summed E-state index contributed by atoms with van der Waals surface area (Å²) in [5, 5.41) is 0. The molecule has 7 heavy (non-hydrogen) atoms. The first kappa shape index (κ1) is 3.90. The van der Waals surface area contributed by atoms with Crippen molar-refractivity contribution in [1.29, 1.82) is 0 Å². The fourth-order valence-electron chi connectivity index (χ4n) is 1.55. The first-order chi connectivity index (χ1) is 3.38. The van der Waals surface area contributed by atoms with Gasteiger partial charge in [0.25, 0.3) is 0 Å². The van der Waals surface area contributed by atoms with Gasteiger partial charge in [-0.1, -0.05) is 6.92 Å². The molecule has 40 valence electrons. The molecule has 0 N–H and O–H groups in total. The minimum Gasteiger partial charge on any atom is -0.297 e. The Morgan fingerprint density at radius 3 is 2.57 bits per heavy atom. The van der Waals surface area contributed by atoms with E-state index in [0.29, 0.717) is 0 Å². The SMILES string of the molecule is CC1CCN2CC12. The van der Waals surface area contributed by atoms with Crippen LogP contribution in [0.2, 0.25) is 0 Å². The third kappa shape index (κ3) is 0.418. The molecule has 2 saturated heterocycles. The predicted octanol–water partition coefficient (Wildman–Crippen LogP) is 0.710. The smallest absolute Gasteiger partial charge is 0.0250 e. The molecule has 0 saturated carbocycles. The van der Waals surface area contributed by atoms with E-state index in [4.69, 9.17) is 0 Å². The minimum atomic E-state index is 1.01. The van der Waals surface area contributed by atoms with Crippen molar-refractivity contribution in [2.75, 3.05) is 13.1 Å². The molecule has 2 aliphatic heterocycles. The summed E-state index contributed by atoms with van der Waals surface area (Å²) >= 11 is 0. The van der Waals surface area contributed by atoms with Gasteiger partial charge in [0.15, 0.2) is 0 Å². The average molecular weight is 97.2 g/mol. The second-order valence-corrected chi connectivity index (χ2v) is 2.83. The second-order valence-electron chi connectivity index (χ2n) is 2.83. The van der Waals surface area contributed by atoms with E-state index < -0.39 is 0 Å². The normalized spacial score (nSPS) is 57.0. The molecular weight excluding hydrogens is 86.1 g/mol. The van der Waals surface area contributed by atoms with E-state index in [0.717, 1.165) is 12.0 Å². The van der Waals surface area contributed by atoms with Crippen molar-refractivity contribution in [2.24, 2.45) is 5.92 Å². The Bertz CT molecular complexity index is 90.2. The minimum absolute atomic E-state index is 1.01. The van der Waals surface area contributed by atoms with E-state index in [9.17, 15) is 0 Å². The van der Waals surface area contributed by atoms with Crippen LogP contribution in [0, 0.1) is 5.92 Å². The highest BCUT2D eigenvalue weighted by Gasteiger charge is 2.43. The van der Waals surface area contributed by atoms with E-state index in [1.807, 2.05) is 0 Å². The highest BCUT2D eigenvalue weighted by Crippen LogP contribution is 2.34. The summed E-state index contributed by atoms with van der Waals surface area (Å²) in [5.74, 6) is 1.01. The molecule has 0 aliphatic carbocycles. The standard InChI is InChI=1S/C6H11N/c1-5-2-3-7-4-6(5)7/h5-6H,2-4H2,1H3. The average Bonchev–Trinajstić information content (AvgIpc) is 2.33. The van der Waals surface area contributed by atoms with Crippen LogP contribution in [0.5, 0.6) is 0 Å². The Morgan fingerprint density at radius 2 is 2.43 bits per heavy atom. The van der Waals surface area contributed by atoms with Crippen molar-refractivity contribution < 1.29 is 0 Å². The van der Waals surface area contributed by atoms with Gasteiger partial charge in [-0.3, -0.25) is 4.90 Å². The van der Waals surface area contributed by atoms with Crippen LogP contribution in [0.15, 0.2) is 0 Å². The van der Waals surface area contributed by atoms with E-state index in [1.165, 1.54) is 19.5 Å². The van der Waals surface area contributed by atoms with Crippen LogP contribution < -0.4 is 0 Å². The lowest BCUT2D eigenvalue weighted by molar-refractivity contribution is 0.593. The quantitative estimate of drug-likeness (QED) is 0.402. The van der Waals surface area contributed by atoms with Crippen LogP contribution in [-0.2, 0) is 0 Å². The first-order valence-corrected chi connectivity index (χ1v) is 3.12. The highest BCUT2D eigenvalue weighted by molar-refractivity contribution is 4.98. The van der Waals surface area contributed by atoms with Crippen molar-refractivity contribution >= 4 is 0 Å². The van der Waals surface area contributed by atoms with Gasteiger partial charge in [0.2, 0.25) is 0 Å². The van der Waals surface area contributed by atoms with Gasteiger partial charge in [0.1, 0.15) is 0 Å². The molecule has 0 bridgehead atoms. The fourth-order valence-corrected chi connectivity index (χ4v) is 1.55. The Balaban J connectivity index is 2.08. The zero-order chi connectivity index (χ0) is 4.85. The molecule has 0 aromatic heterocycles. The van der Waals surface area contributed by atoms with Gasteiger partial charge in [0, 0.05) is 12.6 Å². The van der Waals surface area contributed by atoms with Gasteiger partial charge in [-0.05, 0) is 18.9 Å². The number of rotatable bonds is 0. The number of piperidine rings is 1. The molecule has 2 aliphatic rings. The topological polar surface area (TPSA) is 3.01 Å². The fraction of sp³-hybridized carbons (Fsp3) is 1.00. The van der Waals surface area contributed by atoms with Crippen molar-refractivity contribution in [1.82, 2.24) is 4.90 Å². The van der Waals surface area contributed by atoms with E-state index in [1.54, 1.807) is 0 Å². The third-order valence-corrected chi connectivity index (χ3v) is 2.29. The van der Waals surface area contributed by atoms with Crippen LogP contribution in [0.25, 0.3) is 0 Å². The summed E-state index contributed by atoms with van der Waals surface area (Å²) in [5.41, 5.74) is 0. The monoisotopic (exact) mass is 97.1 g/mol. The second kappa shape index (κ2) is 1.03.